The molecule has 0 amide bonds. The summed E-state index contributed by atoms with van der Waals surface area (Å²) < 4.78 is 12.1. The van der Waals surface area contributed by atoms with Gasteiger partial charge < -0.3 is 19.3 Å². The lowest BCUT2D eigenvalue weighted by atomic mass is 9.94. The van der Waals surface area contributed by atoms with Gasteiger partial charge in [-0.15, -0.1) is 0 Å². The molecule has 0 unspecified atom stereocenters. The molecule has 6 nitrogen and oxygen atoms in total. The van der Waals surface area contributed by atoms with Gasteiger partial charge in [0.1, 0.15) is 30.5 Å². The van der Waals surface area contributed by atoms with Crippen LogP contribution < -0.4 is 4.74 Å². The minimum absolute atomic E-state index is 0.0443. The molecular weight excluding hydrogens is 474 g/mol. The number of halogens is 1. The zero-order valence-electron chi connectivity index (χ0n) is 20.7. The molecule has 185 valence electrons. The molecule has 2 aliphatic heterocycles. The maximum absolute atomic E-state index is 12.0. The lowest BCUT2D eigenvalue weighted by Gasteiger charge is -2.29. The van der Waals surface area contributed by atoms with Gasteiger partial charge in [-0.3, -0.25) is 4.90 Å². The third-order valence-corrected chi connectivity index (χ3v) is 7.59. The van der Waals surface area contributed by atoms with Gasteiger partial charge in [0.2, 0.25) is 0 Å². The Balaban J connectivity index is 1.44. The minimum atomic E-state index is -0.0443. The van der Waals surface area contributed by atoms with Crippen molar-refractivity contribution in [3.63, 3.8) is 0 Å². The van der Waals surface area contributed by atoms with Crippen molar-refractivity contribution in [2.75, 3.05) is 13.2 Å². The molecule has 0 bridgehead atoms. The Kier molecular flexibility index (Phi) is 5.98. The Hall–Kier alpha value is -2.93. The first-order valence-corrected chi connectivity index (χ1v) is 12.9. The summed E-state index contributed by atoms with van der Waals surface area (Å²) in [5, 5.41) is 2.89. The molecule has 3 aromatic carbocycles. The van der Waals surface area contributed by atoms with Crippen LogP contribution in [-0.4, -0.2) is 40.4 Å². The first kappa shape index (κ1) is 23.5. The van der Waals surface area contributed by atoms with Gasteiger partial charge in [0.15, 0.2) is 0 Å². The summed E-state index contributed by atoms with van der Waals surface area (Å²) in [4.78, 5) is 22.8. The van der Waals surface area contributed by atoms with E-state index in [0.29, 0.717) is 24.8 Å². The fraction of sp³-hybridized carbons (Fsp3) is 0.345. The van der Waals surface area contributed by atoms with E-state index in [0.717, 1.165) is 68.8 Å². The zero-order chi connectivity index (χ0) is 25.0. The van der Waals surface area contributed by atoms with E-state index in [-0.39, 0.29) is 18.1 Å². The normalized spacial score (nSPS) is 19.7. The molecule has 0 spiro atoms. The fourth-order valence-corrected chi connectivity index (χ4v) is 5.87. The Labute approximate surface area is 215 Å². The molecule has 2 atom stereocenters. The molecule has 0 aliphatic carbocycles. The van der Waals surface area contributed by atoms with Crippen molar-refractivity contribution < 1.29 is 14.3 Å². The monoisotopic (exact) mass is 502 g/mol. The predicted molar refractivity (Wildman–Crippen MR) is 142 cm³/mol. The maximum atomic E-state index is 12.0. The number of hydrogen-bond acceptors (Lipinski definition) is 5. The number of rotatable bonds is 6. The van der Waals surface area contributed by atoms with Gasteiger partial charge in [-0.25, -0.2) is 4.98 Å². The number of ether oxygens (including phenoxy) is 2. The van der Waals surface area contributed by atoms with Crippen molar-refractivity contribution in [3.8, 4) is 16.9 Å². The van der Waals surface area contributed by atoms with Gasteiger partial charge in [0.25, 0.3) is 0 Å². The van der Waals surface area contributed by atoms with Crippen LogP contribution in [0.5, 0.6) is 5.75 Å². The number of hydrogen-bond donors (Lipinski definition) is 1. The highest BCUT2D eigenvalue weighted by Gasteiger charge is 2.40. The number of fused-ring (bicyclic) bond motifs is 6. The van der Waals surface area contributed by atoms with Crippen molar-refractivity contribution in [3.05, 3.63) is 64.9 Å². The van der Waals surface area contributed by atoms with Crippen LogP contribution in [0.4, 0.5) is 0 Å². The quantitative estimate of drug-likeness (QED) is 0.306. The Morgan fingerprint density at radius 2 is 2.11 bits per heavy atom. The van der Waals surface area contributed by atoms with Gasteiger partial charge in [0, 0.05) is 29.1 Å². The number of likely N-dealkylation sites (tertiary alicyclic amines) is 1. The number of imidazole rings is 1. The number of aromatic amines is 1. The van der Waals surface area contributed by atoms with E-state index >= 15 is 0 Å². The molecule has 1 aromatic heterocycles. The lowest BCUT2D eigenvalue weighted by Crippen LogP contribution is -2.34. The van der Waals surface area contributed by atoms with E-state index in [1.807, 2.05) is 19.1 Å². The average Bonchev–Trinajstić information content (AvgIpc) is 3.47. The summed E-state index contributed by atoms with van der Waals surface area (Å²) in [6, 6.07) is 15.2. The highest BCUT2D eigenvalue weighted by atomic mass is 35.5. The van der Waals surface area contributed by atoms with E-state index in [1.54, 1.807) is 0 Å². The highest BCUT2D eigenvalue weighted by molar-refractivity contribution is 6.30. The van der Waals surface area contributed by atoms with Crippen LogP contribution >= 0.6 is 11.6 Å². The van der Waals surface area contributed by atoms with Gasteiger partial charge in [0.05, 0.1) is 23.2 Å². The number of nitrogens with one attached hydrogen (secondary N) is 1. The molecular formula is C29H29ClN3O3. The standard InChI is InChI=1S/C29H29ClN3O3/c1-4-35-20-11-25(33(13-20)26(14-34)16(2)3)29-31-24-8-5-17-10-23-21-7-6-19(30)9-18(21)15-36-27(23)12-22(17)28(24)32-29/h5-10,12,14,16,20,25H,4,11,13,15H2,1-3H3,(H,31,32)/t20-,25-/m0/s1. The Bertz CT molecular complexity index is 1460. The van der Waals surface area contributed by atoms with Crippen LogP contribution in [-0.2, 0) is 16.1 Å². The van der Waals surface area contributed by atoms with E-state index in [2.05, 4.69) is 54.1 Å². The summed E-state index contributed by atoms with van der Waals surface area (Å²) in [6.07, 6.45) is 1.83. The molecule has 3 heterocycles. The van der Waals surface area contributed by atoms with Crippen LogP contribution in [0.1, 0.15) is 44.6 Å². The summed E-state index contributed by atoms with van der Waals surface area (Å²) >= 11 is 6.20. The molecule has 2 aliphatic rings. The van der Waals surface area contributed by atoms with Crippen LogP contribution in [0.2, 0.25) is 5.02 Å². The number of nitrogens with zero attached hydrogens (tertiary/aromatic N) is 2. The Morgan fingerprint density at radius 1 is 1.25 bits per heavy atom. The van der Waals surface area contributed by atoms with Crippen molar-refractivity contribution in [1.82, 2.24) is 14.9 Å². The smallest absolute Gasteiger partial charge is 0.142 e. The molecule has 6 rings (SSSR count). The second-order valence-corrected chi connectivity index (χ2v) is 10.4. The summed E-state index contributed by atoms with van der Waals surface area (Å²) in [5.74, 6) is 1.84. The number of H-pyrrole nitrogens is 1. The summed E-state index contributed by atoms with van der Waals surface area (Å²) in [6.45, 7) is 7.94. The van der Waals surface area contributed by atoms with Crippen molar-refractivity contribution >= 4 is 39.7 Å². The Morgan fingerprint density at radius 3 is 2.89 bits per heavy atom. The van der Waals surface area contributed by atoms with Crippen LogP contribution in [0.25, 0.3) is 32.9 Å². The average molecular weight is 503 g/mol. The van der Waals surface area contributed by atoms with Crippen molar-refractivity contribution in [2.45, 2.75) is 45.9 Å². The number of aldehydes is 1. The summed E-state index contributed by atoms with van der Waals surface area (Å²) in [5.41, 5.74) is 5.20. The number of aromatic nitrogens is 2. The molecule has 4 aromatic rings. The topological polar surface area (TPSA) is 67.5 Å². The second kappa shape index (κ2) is 9.18. The van der Waals surface area contributed by atoms with Crippen LogP contribution in [0.3, 0.4) is 0 Å². The molecule has 1 N–H and O–H groups in total. The minimum Gasteiger partial charge on any atom is -0.488 e. The van der Waals surface area contributed by atoms with Crippen LogP contribution in [0, 0.1) is 12.0 Å². The van der Waals surface area contributed by atoms with E-state index in [4.69, 9.17) is 26.1 Å². The van der Waals surface area contributed by atoms with Crippen molar-refractivity contribution in [1.29, 1.82) is 0 Å². The van der Waals surface area contributed by atoms with Gasteiger partial charge >= 0.3 is 0 Å². The molecule has 1 saturated heterocycles. The number of carbonyl (C=O) groups excluding carboxylic acids is 1. The highest BCUT2D eigenvalue weighted by Crippen LogP contribution is 2.43. The van der Waals surface area contributed by atoms with Gasteiger partial charge in [-0.1, -0.05) is 37.6 Å². The van der Waals surface area contributed by atoms with E-state index in [9.17, 15) is 4.79 Å². The number of carbonyl (C=O) groups is 1. The first-order valence-electron chi connectivity index (χ1n) is 12.5. The maximum Gasteiger partial charge on any atom is 0.142 e. The van der Waals surface area contributed by atoms with Crippen LogP contribution in [0.15, 0.2) is 42.5 Å². The third kappa shape index (κ3) is 3.88. The second-order valence-electron chi connectivity index (χ2n) is 9.92. The van der Waals surface area contributed by atoms with E-state index < -0.39 is 0 Å². The fourth-order valence-electron chi connectivity index (χ4n) is 5.67. The zero-order valence-corrected chi connectivity index (χ0v) is 21.4. The molecule has 0 saturated carbocycles. The molecule has 1 radical (unpaired) electrons. The summed E-state index contributed by atoms with van der Waals surface area (Å²) in [7, 11) is 0. The lowest BCUT2D eigenvalue weighted by molar-refractivity contribution is -0.109. The molecule has 36 heavy (non-hydrogen) atoms. The van der Waals surface area contributed by atoms with Gasteiger partial charge in [-0.2, -0.15) is 0 Å². The third-order valence-electron chi connectivity index (χ3n) is 7.36. The van der Waals surface area contributed by atoms with E-state index in [1.165, 1.54) is 0 Å². The first-order chi connectivity index (χ1) is 17.5. The predicted octanol–water partition coefficient (Wildman–Crippen LogP) is 6.47. The molecule has 1 fully saturated rings. The largest absolute Gasteiger partial charge is 0.488 e. The van der Waals surface area contributed by atoms with Crippen molar-refractivity contribution in [2.24, 2.45) is 5.92 Å². The molecule has 7 heteroatoms. The number of benzene rings is 3. The van der Waals surface area contributed by atoms with Gasteiger partial charge in [-0.05, 0) is 66.1 Å². The SMILES string of the molecule is CCO[C@H]1C[C@@H](c2nc3ccc4cc5c(cc4c3[nH]2)OCc2cc(Cl)ccc2-5)N([C](C=O)C(C)C)C1.